The number of hydrogen-bond donors (Lipinski definition) is 1. The molecule has 3 heterocycles. The van der Waals surface area contributed by atoms with Gasteiger partial charge in [0.2, 0.25) is 11.8 Å². The monoisotopic (exact) mass is 576 g/mol. The van der Waals surface area contributed by atoms with Gasteiger partial charge in [0.1, 0.15) is 6.61 Å². The van der Waals surface area contributed by atoms with Crippen LogP contribution in [0.4, 0.5) is 5.95 Å². The maximum absolute atomic E-state index is 14.2. The van der Waals surface area contributed by atoms with Gasteiger partial charge in [-0.2, -0.15) is 4.98 Å². The number of aromatic nitrogens is 2. The molecule has 1 amide bonds. The van der Waals surface area contributed by atoms with Crippen molar-refractivity contribution in [3.63, 3.8) is 0 Å². The van der Waals surface area contributed by atoms with Crippen LogP contribution >= 0.6 is 0 Å². The number of amides is 1. The second kappa shape index (κ2) is 10.4. The van der Waals surface area contributed by atoms with Crippen molar-refractivity contribution in [3.8, 4) is 17.1 Å². The predicted octanol–water partition coefficient (Wildman–Crippen LogP) is 4.99. The Labute approximate surface area is 241 Å². The lowest BCUT2D eigenvalue weighted by Gasteiger charge is -2.57. The minimum absolute atomic E-state index is 0.0217. The number of benzene rings is 2. The van der Waals surface area contributed by atoms with Crippen LogP contribution in [0, 0.1) is 25.2 Å². The van der Waals surface area contributed by atoms with E-state index in [1.165, 1.54) is 12.1 Å². The van der Waals surface area contributed by atoms with Crippen molar-refractivity contribution >= 4 is 21.9 Å². The Morgan fingerprint density at radius 1 is 1.05 bits per heavy atom. The highest BCUT2D eigenvalue weighted by Gasteiger charge is 2.53. The van der Waals surface area contributed by atoms with Gasteiger partial charge in [-0.1, -0.05) is 38.1 Å². The minimum atomic E-state index is -4.09. The summed E-state index contributed by atoms with van der Waals surface area (Å²) in [7, 11) is -4.09. The van der Waals surface area contributed by atoms with Crippen molar-refractivity contribution in [1.82, 2.24) is 14.9 Å². The maximum atomic E-state index is 14.2. The van der Waals surface area contributed by atoms with E-state index in [2.05, 4.69) is 28.5 Å². The van der Waals surface area contributed by atoms with Gasteiger partial charge in [0.05, 0.1) is 29.8 Å². The molecule has 9 nitrogen and oxygen atoms in total. The molecule has 10 heteroatoms. The summed E-state index contributed by atoms with van der Waals surface area (Å²) >= 11 is 0. The quantitative estimate of drug-likeness (QED) is 0.466. The van der Waals surface area contributed by atoms with Gasteiger partial charge in [-0.3, -0.25) is 4.79 Å². The summed E-state index contributed by atoms with van der Waals surface area (Å²) in [6, 6.07) is 13.7. The Bertz CT molecular complexity index is 1570. The van der Waals surface area contributed by atoms with Crippen LogP contribution in [0.1, 0.15) is 54.6 Å². The van der Waals surface area contributed by atoms with Crippen molar-refractivity contribution in [2.75, 3.05) is 24.5 Å². The van der Waals surface area contributed by atoms with E-state index in [-0.39, 0.29) is 46.7 Å². The molecular formula is C31H36N4O5S. The Kier molecular flexibility index (Phi) is 7.02. The van der Waals surface area contributed by atoms with Gasteiger partial charge in [-0.25, -0.2) is 18.1 Å². The van der Waals surface area contributed by atoms with Crippen molar-refractivity contribution in [2.45, 2.75) is 63.9 Å². The first-order chi connectivity index (χ1) is 19.5. The van der Waals surface area contributed by atoms with E-state index in [1.807, 2.05) is 36.9 Å². The summed E-state index contributed by atoms with van der Waals surface area (Å²) in [6.45, 7) is 9.91. The fourth-order valence-electron chi connectivity index (χ4n) is 6.40. The number of carbonyl (C=O) groups is 1. The minimum Gasteiger partial charge on any atom is -0.475 e. The molecule has 1 aliphatic carbocycles. The normalized spacial score (nSPS) is 21.5. The average Bonchev–Trinajstić information content (AvgIpc) is 2.86. The summed E-state index contributed by atoms with van der Waals surface area (Å²) in [6.07, 6.45) is 2.45. The number of fused-ring (bicyclic) bond motifs is 4. The second-order valence-electron chi connectivity index (χ2n) is 12.2. The third-order valence-corrected chi connectivity index (χ3v) is 9.72. The van der Waals surface area contributed by atoms with Gasteiger partial charge in [0.15, 0.2) is 0 Å². The number of hydrogen-bond acceptors (Lipinski definition) is 7. The molecule has 4 bridgehead atoms. The van der Waals surface area contributed by atoms with Crippen LogP contribution in [0.3, 0.4) is 0 Å². The third kappa shape index (κ3) is 5.30. The fraction of sp³-hybridized carbons (Fsp3) is 0.452. The summed E-state index contributed by atoms with van der Waals surface area (Å²) in [5, 5.41) is 0. The molecule has 216 valence electrons. The Balaban J connectivity index is 1.47. The Hall–Kier alpha value is -3.50. The van der Waals surface area contributed by atoms with Crippen LogP contribution in [0.15, 0.2) is 53.4 Å². The molecule has 3 aromatic rings. The molecule has 1 atom stereocenters. The molecule has 1 aromatic heterocycles. The Morgan fingerprint density at radius 2 is 1.76 bits per heavy atom. The summed E-state index contributed by atoms with van der Waals surface area (Å²) in [4.78, 5) is 25.1. The zero-order chi connectivity index (χ0) is 28.9. The summed E-state index contributed by atoms with van der Waals surface area (Å²) < 4.78 is 41.4. The first kappa shape index (κ1) is 27.7. The SMILES string of the molecule is Cc1cccc(C)c1-c1cc2nc(n1)NS(=O)(=O)c1cccc(c1)C(=O)N(C1CC3(COC3)C1)[C@H](CC(C)C)CO2. The van der Waals surface area contributed by atoms with Crippen molar-refractivity contribution in [2.24, 2.45) is 11.3 Å². The zero-order valence-corrected chi connectivity index (χ0v) is 24.7. The van der Waals surface area contributed by atoms with Crippen LogP contribution in [-0.2, 0) is 14.8 Å². The number of nitrogens with zero attached hydrogens (tertiary/aromatic N) is 3. The first-order valence-corrected chi connectivity index (χ1v) is 15.6. The van der Waals surface area contributed by atoms with Gasteiger partial charge < -0.3 is 14.4 Å². The van der Waals surface area contributed by atoms with Crippen molar-refractivity contribution < 1.29 is 22.7 Å². The lowest BCUT2D eigenvalue weighted by atomic mass is 9.63. The van der Waals surface area contributed by atoms with Gasteiger partial charge >= 0.3 is 0 Å². The molecule has 6 rings (SSSR count). The number of carbonyl (C=O) groups excluding carboxylic acids is 1. The molecule has 0 radical (unpaired) electrons. The van der Waals surface area contributed by atoms with Crippen molar-refractivity contribution in [3.05, 3.63) is 65.2 Å². The molecule has 41 heavy (non-hydrogen) atoms. The topological polar surface area (TPSA) is 111 Å². The zero-order valence-electron chi connectivity index (χ0n) is 23.9. The number of nitrogens with one attached hydrogen (secondary N) is 1. The van der Waals surface area contributed by atoms with Gasteiger partial charge in [-0.05, 0) is 68.4 Å². The van der Waals surface area contributed by atoms with Crippen LogP contribution in [-0.4, -0.2) is 61.1 Å². The van der Waals surface area contributed by atoms with E-state index >= 15 is 0 Å². The van der Waals surface area contributed by atoms with E-state index in [9.17, 15) is 13.2 Å². The molecule has 1 spiro atoms. The first-order valence-electron chi connectivity index (χ1n) is 14.2. The number of anilines is 1. The smallest absolute Gasteiger partial charge is 0.264 e. The molecular weight excluding hydrogens is 540 g/mol. The molecule has 1 N–H and O–H groups in total. The number of sulfonamides is 1. The highest BCUT2D eigenvalue weighted by atomic mass is 32.2. The molecule has 2 aliphatic heterocycles. The molecule has 1 saturated heterocycles. The fourth-order valence-corrected chi connectivity index (χ4v) is 7.39. The van der Waals surface area contributed by atoms with E-state index in [0.29, 0.717) is 17.2 Å². The van der Waals surface area contributed by atoms with Crippen LogP contribution < -0.4 is 9.46 Å². The van der Waals surface area contributed by atoms with Crippen LogP contribution in [0.2, 0.25) is 0 Å². The van der Waals surface area contributed by atoms with E-state index in [4.69, 9.17) is 9.47 Å². The van der Waals surface area contributed by atoms with Crippen LogP contribution in [0.25, 0.3) is 11.3 Å². The molecule has 2 aromatic carbocycles. The average molecular weight is 577 g/mol. The molecule has 2 fully saturated rings. The highest BCUT2D eigenvalue weighted by Crippen LogP contribution is 2.50. The molecule has 3 aliphatic rings. The largest absolute Gasteiger partial charge is 0.475 e. The van der Waals surface area contributed by atoms with Crippen LogP contribution in [0.5, 0.6) is 5.88 Å². The summed E-state index contributed by atoms with van der Waals surface area (Å²) in [5.41, 5.74) is 3.93. The number of rotatable bonds is 4. The Morgan fingerprint density at radius 3 is 2.41 bits per heavy atom. The number of aryl methyl sites for hydroxylation is 2. The van der Waals surface area contributed by atoms with Gasteiger partial charge in [0.25, 0.3) is 15.9 Å². The van der Waals surface area contributed by atoms with E-state index < -0.39 is 10.0 Å². The standard InChI is InChI=1S/C31H36N4O5S/c1-19(2)11-23-16-40-27-13-26(28-20(3)7-5-8-21(28)4)32-30(33-27)34-41(37,38)25-10-6-9-22(12-25)29(36)35(23)24-14-31(15-24)17-39-18-31/h5-10,12-13,19,23-24H,11,14-18H2,1-4H3,(H,32,33,34)/t23-/m1/s1. The lowest BCUT2D eigenvalue weighted by molar-refractivity contribution is -0.183. The van der Waals surface area contributed by atoms with E-state index in [1.54, 1.807) is 18.2 Å². The predicted molar refractivity (Wildman–Crippen MR) is 155 cm³/mol. The summed E-state index contributed by atoms with van der Waals surface area (Å²) in [5.74, 6) is 0.277. The second-order valence-corrected chi connectivity index (χ2v) is 13.9. The maximum Gasteiger partial charge on any atom is 0.264 e. The number of ether oxygens (including phenoxy) is 2. The van der Waals surface area contributed by atoms with Crippen molar-refractivity contribution in [1.29, 1.82) is 0 Å². The molecule has 0 unspecified atom stereocenters. The van der Waals surface area contributed by atoms with Gasteiger partial charge in [0, 0.05) is 28.7 Å². The lowest BCUT2D eigenvalue weighted by Crippen LogP contribution is -2.63. The third-order valence-electron chi connectivity index (χ3n) is 8.40. The molecule has 1 saturated carbocycles. The van der Waals surface area contributed by atoms with Gasteiger partial charge in [-0.15, -0.1) is 0 Å². The highest BCUT2D eigenvalue weighted by molar-refractivity contribution is 7.92. The van der Waals surface area contributed by atoms with E-state index in [0.717, 1.165) is 49.2 Å².